The lowest BCUT2D eigenvalue weighted by atomic mass is 9.80. The number of hydrogen-bond acceptors (Lipinski definition) is 1. The van der Waals surface area contributed by atoms with Crippen molar-refractivity contribution in [2.75, 3.05) is 11.9 Å². The molecule has 0 atom stereocenters. The van der Waals surface area contributed by atoms with Crippen LogP contribution in [0, 0.1) is 0 Å². The third-order valence-electron chi connectivity index (χ3n) is 3.98. The Bertz CT molecular complexity index is 625. The normalized spacial score (nSPS) is 9.93. The van der Waals surface area contributed by atoms with Gasteiger partial charge in [-0.25, -0.2) is 0 Å². The SMILES string of the molecule is CC.CC.CC.CCNc1ccc(/C=C/CC(C)(C)c2ccccc2[NH3+])cc1. The topological polar surface area (TPSA) is 39.7 Å². The van der Waals surface area contributed by atoms with E-state index in [0.29, 0.717) is 0 Å². The molecule has 0 bridgehead atoms. The first kappa shape index (κ1) is 28.2. The average Bonchev–Trinajstić information content (AvgIpc) is 2.74. The van der Waals surface area contributed by atoms with Crippen molar-refractivity contribution in [2.45, 2.75) is 74.1 Å². The molecule has 158 valence electrons. The Hall–Kier alpha value is -2.06. The summed E-state index contributed by atoms with van der Waals surface area (Å²) in [4.78, 5) is 0. The molecular weight excluding hydrogens is 340 g/mol. The molecule has 2 nitrogen and oxygen atoms in total. The minimum atomic E-state index is 0.0958. The Balaban J connectivity index is 0. The number of rotatable bonds is 6. The summed E-state index contributed by atoms with van der Waals surface area (Å²) in [5.41, 5.74) is 9.10. The fraction of sp³-hybridized carbons (Fsp3) is 0.462. The minimum absolute atomic E-state index is 0.0958. The molecule has 0 spiro atoms. The summed E-state index contributed by atoms with van der Waals surface area (Å²) in [6.45, 7) is 19.6. The van der Waals surface area contributed by atoms with Gasteiger partial charge in [-0.2, -0.15) is 0 Å². The zero-order valence-corrected chi connectivity index (χ0v) is 19.9. The number of benzene rings is 2. The highest BCUT2D eigenvalue weighted by molar-refractivity contribution is 5.55. The molecule has 0 radical (unpaired) electrons. The molecule has 28 heavy (non-hydrogen) atoms. The summed E-state index contributed by atoms with van der Waals surface area (Å²) in [5, 5.41) is 3.31. The summed E-state index contributed by atoms with van der Waals surface area (Å²) in [5.74, 6) is 0. The molecule has 2 aromatic carbocycles. The molecule has 0 saturated carbocycles. The summed E-state index contributed by atoms with van der Waals surface area (Å²) >= 11 is 0. The predicted molar refractivity (Wildman–Crippen MR) is 130 cm³/mol. The number of hydrogen-bond donors (Lipinski definition) is 2. The molecule has 2 rings (SSSR count). The average molecular weight is 386 g/mol. The molecule has 0 unspecified atom stereocenters. The largest absolute Gasteiger partial charge is 0.385 e. The minimum Gasteiger partial charge on any atom is -0.385 e. The summed E-state index contributed by atoms with van der Waals surface area (Å²) < 4.78 is 0. The van der Waals surface area contributed by atoms with Gasteiger partial charge in [0.2, 0.25) is 0 Å². The van der Waals surface area contributed by atoms with Crippen LogP contribution in [0.3, 0.4) is 0 Å². The van der Waals surface area contributed by atoms with Crippen LogP contribution in [-0.4, -0.2) is 6.54 Å². The van der Waals surface area contributed by atoms with Crippen molar-refractivity contribution in [1.82, 2.24) is 0 Å². The number of nitrogens with one attached hydrogen (secondary N) is 1. The van der Waals surface area contributed by atoms with Gasteiger partial charge in [0.25, 0.3) is 0 Å². The van der Waals surface area contributed by atoms with Crippen molar-refractivity contribution in [2.24, 2.45) is 0 Å². The smallest absolute Gasteiger partial charge is 0.131 e. The Kier molecular flexibility index (Phi) is 17.2. The third-order valence-corrected chi connectivity index (χ3v) is 3.98. The van der Waals surface area contributed by atoms with Gasteiger partial charge in [-0.3, -0.25) is 0 Å². The van der Waals surface area contributed by atoms with Crippen molar-refractivity contribution in [3.05, 3.63) is 65.7 Å². The van der Waals surface area contributed by atoms with Crippen LogP contribution in [0.5, 0.6) is 0 Å². The fourth-order valence-electron chi connectivity index (χ4n) is 2.70. The van der Waals surface area contributed by atoms with E-state index in [-0.39, 0.29) is 5.41 Å². The standard InChI is InChI=1S/C20H26N2.3C2H6/c1-4-22-17-13-11-16(12-14-17)8-7-15-20(2,3)18-9-5-6-10-19(18)21;3*1-2/h5-14,22H,4,15,21H2,1-3H3;3*1-2H3/p+1/b8-7+;;;. The maximum Gasteiger partial charge on any atom is 0.131 e. The van der Waals surface area contributed by atoms with E-state index in [1.54, 1.807) is 0 Å². The van der Waals surface area contributed by atoms with E-state index >= 15 is 0 Å². The maximum atomic E-state index is 4.15. The van der Waals surface area contributed by atoms with Gasteiger partial charge in [0.15, 0.2) is 0 Å². The van der Waals surface area contributed by atoms with Gasteiger partial charge >= 0.3 is 0 Å². The second-order valence-electron chi connectivity index (χ2n) is 6.30. The fourth-order valence-corrected chi connectivity index (χ4v) is 2.70. The van der Waals surface area contributed by atoms with Crippen molar-refractivity contribution in [1.29, 1.82) is 0 Å². The highest BCUT2D eigenvalue weighted by Gasteiger charge is 2.22. The van der Waals surface area contributed by atoms with Gasteiger partial charge < -0.3 is 11.1 Å². The van der Waals surface area contributed by atoms with Crippen LogP contribution in [0.25, 0.3) is 6.08 Å². The molecule has 0 amide bonds. The molecule has 2 aromatic rings. The zero-order chi connectivity index (χ0) is 22.0. The van der Waals surface area contributed by atoms with E-state index in [9.17, 15) is 0 Å². The van der Waals surface area contributed by atoms with E-state index in [1.807, 2.05) is 47.6 Å². The first-order valence-electron chi connectivity index (χ1n) is 10.9. The maximum absolute atomic E-state index is 4.15. The second-order valence-corrected chi connectivity index (χ2v) is 6.30. The van der Waals surface area contributed by atoms with Crippen LogP contribution < -0.4 is 11.1 Å². The summed E-state index contributed by atoms with van der Waals surface area (Å²) in [6, 6.07) is 17.0. The molecule has 4 N–H and O–H groups in total. The molecule has 0 aliphatic carbocycles. The molecular formula is C26H45N2+. The van der Waals surface area contributed by atoms with Gasteiger partial charge in [0, 0.05) is 17.8 Å². The van der Waals surface area contributed by atoms with Crippen LogP contribution in [0.4, 0.5) is 11.4 Å². The number of anilines is 1. The van der Waals surface area contributed by atoms with Crippen LogP contribution in [0.15, 0.2) is 54.6 Å². The summed E-state index contributed by atoms with van der Waals surface area (Å²) in [6.07, 6.45) is 5.45. The molecule has 0 heterocycles. The number of allylic oxidation sites excluding steroid dienone is 1. The quantitative estimate of drug-likeness (QED) is 0.532. The number of quaternary nitrogens is 1. The lowest BCUT2D eigenvalue weighted by molar-refractivity contribution is -0.256. The Labute approximate surface area is 175 Å². The van der Waals surface area contributed by atoms with Crippen LogP contribution in [-0.2, 0) is 5.41 Å². The first-order valence-corrected chi connectivity index (χ1v) is 10.9. The molecule has 0 saturated heterocycles. The van der Waals surface area contributed by atoms with Gasteiger partial charge in [-0.1, -0.05) is 97.9 Å². The Morgan fingerprint density at radius 3 is 1.89 bits per heavy atom. The lowest BCUT2D eigenvalue weighted by Crippen LogP contribution is -2.43. The Morgan fingerprint density at radius 2 is 1.39 bits per heavy atom. The van der Waals surface area contributed by atoms with E-state index in [0.717, 1.165) is 18.7 Å². The summed E-state index contributed by atoms with van der Waals surface area (Å²) in [7, 11) is 0. The van der Waals surface area contributed by atoms with Gasteiger partial charge in [-0.05, 0) is 42.5 Å². The Morgan fingerprint density at radius 1 is 0.857 bits per heavy atom. The van der Waals surface area contributed by atoms with Crippen LogP contribution in [0.1, 0.15) is 79.9 Å². The van der Waals surface area contributed by atoms with Gasteiger partial charge in [0.05, 0.1) is 0 Å². The molecule has 0 aliphatic heterocycles. The highest BCUT2D eigenvalue weighted by atomic mass is 14.8. The van der Waals surface area contributed by atoms with E-state index in [4.69, 9.17) is 0 Å². The monoisotopic (exact) mass is 385 g/mol. The molecule has 0 aromatic heterocycles. The molecule has 2 heteroatoms. The van der Waals surface area contributed by atoms with E-state index in [2.05, 4.69) is 86.4 Å². The highest BCUT2D eigenvalue weighted by Crippen LogP contribution is 2.31. The van der Waals surface area contributed by atoms with Crippen LogP contribution in [0.2, 0.25) is 0 Å². The van der Waals surface area contributed by atoms with E-state index < -0.39 is 0 Å². The second kappa shape index (κ2) is 17.1. The third kappa shape index (κ3) is 10.3. The lowest BCUT2D eigenvalue weighted by Gasteiger charge is -2.23. The first-order chi connectivity index (χ1) is 13.5. The van der Waals surface area contributed by atoms with Crippen molar-refractivity contribution in [3.63, 3.8) is 0 Å². The molecule has 0 aliphatic rings. The molecule has 0 fully saturated rings. The van der Waals surface area contributed by atoms with Gasteiger partial charge in [0.1, 0.15) is 5.69 Å². The van der Waals surface area contributed by atoms with Gasteiger partial charge in [-0.15, -0.1) is 0 Å². The van der Waals surface area contributed by atoms with Crippen molar-refractivity contribution < 1.29 is 5.73 Å². The predicted octanol–water partition coefficient (Wildman–Crippen LogP) is 7.45. The van der Waals surface area contributed by atoms with E-state index in [1.165, 1.54) is 16.8 Å². The van der Waals surface area contributed by atoms with Crippen molar-refractivity contribution >= 4 is 17.5 Å². The zero-order valence-electron chi connectivity index (χ0n) is 19.9. The van der Waals surface area contributed by atoms with Crippen LogP contribution >= 0.6 is 0 Å². The van der Waals surface area contributed by atoms with Crippen molar-refractivity contribution in [3.8, 4) is 0 Å².